The van der Waals surface area contributed by atoms with Crippen LogP contribution < -0.4 is 5.69 Å². The maximum Gasteiger partial charge on any atom is 0.329 e. The van der Waals surface area contributed by atoms with Gasteiger partial charge in [0, 0.05) is 13.6 Å². The summed E-state index contributed by atoms with van der Waals surface area (Å²) in [6.07, 6.45) is 2.14. The molecule has 1 aliphatic heterocycles. The van der Waals surface area contributed by atoms with Crippen molar-refractivity contribution < 1.29 is 23.9 Å². The van der Waals surface area contributed by atoms with Gasteiger partial charge in [0.1, 0.15) is 12.6 Å². The number of aromatic nitrogens is 2. The Balaban J connectivity index is 1.63. The van der Waals surface area contributed by atoms with Gasteiger partial charge in [-0.25, -0.2) is 9.59 Å². The molecular weight excluding hydrogens is 378 g/mol. The fourth-order valence-electron chi connectivity index (χ4n) is 3.63. The first-order valence-corrected chi connectivity index (χ1v) is 9.70. The van der Waals surface area contributed by atoms with E-state index < -0.39 is 30.5 Å². The largest absolute Gasteiger partial charge is 0.464 e. The Hall–Kier alpha value is -3.10. The molecule has 0 spiro atoms. The van der Waals surface area contributed by atoms with Crippen LogP contribution in [0.4, 0.5) is 0 Å². The van der Waals surface area contributed by atoms with Crippen LogP contribution in [0.2, 0.25) is 0 Å². The highest BCUT2D eigenvalue weighted by Gasteiger charge is 2.33. The number of carbonyl (C=O) groups is 3. The number of piperidine rings is 1. The number of nitrogens with zero attached hydrogens (tertiary/aromatic N) is 3. The predicted molar refractivity (Wildman–Crippen MR) is 104 cm³/mol. The second-order valence-electron chi connectivity index (χ2n) is 6.93. The molecule has 9 nitrogen and oxygen atoms in total. The molecule has 1 aromatic heterocycles. The highest BCUT2D eigenvalue weighted by Crippen LogP contribution is 2.18. The number of benzene rings is 1. The van der Waals surface area contributed by atoms with Crippen LogP contribution in [0.5, 0.6) is 0 Å². The van der Waals surface area contributed by atoms with Gasteiger partial charge in [0.15, 0.2) is 6.61 Å². The third kappa shape index (κ3) is 4.33. The van der Waals surface area contributed by atoms with E-state index in [2.05, 4.69) is 0 Å². The quantitative estimate of drug-likeness (QED) is 0.663. The predicted octanol–water partition coefficient (Wildman–Crippen LogP) is 0.827. The number of likely N-dealkylation sites (tertiary alicyclic amines) is 1. The van der Waals surface area contributed by atoms with Crippen molar-refractivity contribution in [2.75, 3.05) is 19.8 Å². The van der Waals surface area contributed by atoms with Gasteiger partial charge in [-0.15, -0.1) is 0 Å². The lowest BCUT2D eigenvalue weighted by atomic mass is 10.0. The number of rotatable bonds is 6. The third-order valence-electron chi connectivity index (χ3n) is 5.08. The standard InChI is InChI=1S/C20H25N3O6/c1-3-28-19(26)16-10-6-7-11-22(16)17(24)13-29-18(25)12-23-15-9-5-4-8-14(15)21(2)20(23)27/h4-5,8-9,16H,3,6-7,10-13H2,1-2H3. The number of carbonyl (C=O) groups excluding carboxylic acids is 3. The molecule has 2 heterocycles. The molecule has 1 atom stereocenters. The lowest BCUT2D eigenvalue weighted by molar-refractivity contribution is -0.161. The van der Waals surface area contributed by atoms with Gasteiger partial charge >= 0.3 is 17.6 Å². The van der Waals surface area contributed by atoms with Crippen molar-refractivity contribution in [3.05, 3.63) is 34.7 Å². The Morgan fingerprint density at radius 3 is 2.55 bits per heavy atom. The zero-order valence-corrected chi connectivity index (χ0v) is 16.6. The highest BCUT2D eigenvalue weighted by atomic mass is 16.5. The molecule has 1 unspecified atom stereocenters. The molecule has 1 aliphatic rings. The van der Waals surface area contributed by atoms with Gasteiger partial charge in [0.05, 0.1) is 17.6 Å². The van der Waals surface area contributed by atoms with Crippen molar-refractivity contribution in [1.29, 1.82) is 0 Å². The van der Waals surface area contributed by atoms with E-state index in [0.717, 1.165) is 12.8 Å². The Kier molecular flexibility index (Phi) is 6.36. The van der Waals surface area contributed by atoms with Crippen LogP contribution in [0.25, 0.3) is 11.0 Å². The molecular formula is C20H25N3O6. The fraction of sp³-hybridized carbons (Fsp3) is 0.500. The number of fused-ring (bicyclic) bond motifs is 1. The smallest absolute Gasteiger partial charge is 0.329 e. The van der Waals surface area contributed by atoms with E-state index in [1.807, 2.05) is 6.07 Å². The second-order valence-corrected chi connectivity index (χ2v) is 6.93. The summed E-state index contributed by atoms with van der Waals surface area (Å²) in [6, 6.07) is 6.47. The SMILES string of the molecule is CCOC(=O)C1CCCCN1C(=O)COC(=O)Cn1c(=O)n(C)c2ccccc21. The number of ether oxygens (including phenoxy) is 2. The number of aryl methyl sites for hydroxylation is 1. The molecule has 1 amide bonds. The topological polar surface area (TPSA) is 99.8 Å². The average Bonchev–Trinajstić information content (AvgIpc) is 2.97. The Labute approximate surface area is 167 Å². The molecule has 0 aliphatic carbocycles. The number of esters is 2. The van der Waals surface area contributed by atoms with Crippen molar-refractivity contribution in [2.24, 2.45) is 7.05 Å². The van der Waals surface area contributed by atoms with Gasteiger partial charge in [-0.2, -0.15) is 0 Å². The number of amides is 1. The van der Waals surface area contributed by atoms with E-state index in [1.54, 1.807) is 32.2 Å². The number of para-hydroxylation sites is 2. The van der Waals surface area contributed by atoms with E-state index in [9.17, 15) is 19.2 Å². The van der Waals surface area contributed by atoms with Gasteiger partial charge in [-0.1, -0.05) is 12.1 Å². The monoisotopic (exact) mass is 403 g/mol. The molecule has 0 bridgehead atoms. The molecule has 1 saturated heterocycles. The first kappa shape index (κ1) is 20.6. The summed E-state index contributed by atoms with van der Waals surface area (Å²) in [5.41, 5.74) is 0.974. The fourth-order valence-corrected chi connectivity index (χ4v) is 3.63. The molecule has 0 saturated carbocycles. The number of imidazole rings is 1. The van der Waals surface area contributed by atoms with Gasteiger partial charge in [-0.3, -0.25) is 18.7 Å². The molecule has 3 rings (SSSR count). The van der Waals surface area contributed by atoms with Crippen molar-refractivity contribution in [1.82, 2.24) is 14.0 Å². The Bertz CT molecular complexity index is 976. The van der Waals surface area contributed by atoms with Gasteiger partial charge in [-0.05, 0) is 38.3 Å². The molecule has 9 heteroatoms. The number of hydrogen-bond acceptors (Lipinski definition) is 6. The summed E-state index contributed by atoms with van der Waals surface area (Å²) in [4.78, 5) is 50.7. The summed E-state index contributed by atoms with van der Waals surface area (Å²) in [5, 5.41) is 0. The van der Waals surface area contributed by atoms with Crippen molar-refractivity contribution in [3.63, 3.8) is 0 Å². The van der Waals surface area contributed by atoms with Gasteiger partial charge in [0.2, 0.25) is 0 Å². The first-order valence-electron chi connectivity index (χ1n) is 9.70. The van der Waals surface area contributed by atoms with Crippen LogP contribution in [-0.4, -0.2) is 57.7 Å². The molecule has 0 N–H and O–H groups in total. The van der Waals surface area contributed by atoms with Gasteiger partial charge in [0.25, 0.3) is 5.91 Å². The van der Waals surface area contributed by atoms with E-state index in [1.165, 1.54) is 14.0 Å². The second kappa shape index (κ2) is 8.93. The maximum absolute atomic E-state index is 12.5. The van der Waals surface area contributed by atoms with Crippen molar-refractivity contribution >= 4 is 28.9 Å². The van der Waals surface area contributed by atoms with Crippen LogP contribution in [0.15, 0.2) is 29.1 Å². The summed E-state index contributed by atoms with van der Waals surface area (Å²) >= 11 is 0. The van der Waals surface area contributed by atoms with E-state index >= 15 is 0 Å². The average molecular weight is 403 g/mol. The van der Waals surface area contributed by atoms with Crippen LogP contribution in [0.1, 0.15) is 26.2 Å². The molecule has 156 valence electrons. The van der Waals surface area contributed by atoms with Crippen LogP contribution in [0.3, 0.4) is 0 Å². The summed E-state index contributed by atoms with van der Waals surface area (Å²) in [5.74, 6) is -1.57. The van der Waals surface area contributed by atoms with Crippen LogP contribution in [-0.2, 0) is 37.4 Å². The Morgan fingerprint density at radius 1 is 1.10 bits per heavy atom. The molecule has 1 fully saturated rings. The summed E-state index contributed by atoms with van der Waals surface area (Å²) in [6.45, 7) is 1.60. The molecule has 0 radical (unpaired) electrons. The van der Waals surface area contributed by atoms with Crippen LogP contribution in [0, 0.1) is 0 Å². The zero-order valence-electron chi connectivity index (χ0n) is 16.6. The highest BCUT2D eigenvalue weighted by molar-refractivity contribution is 5.87. The Morgan fingerprint density at radius 2 is 1.83 bits per heavy atom. The normalized spacial score (nSPS) is 16.6. The van der Waals surface area contributed by atoms with E-state index in [0.29, 0.717) is 24.0 Å². The summed E-state index contributed by atoms with van der Waals surface area (Å²) in [7, 11) is 1.63. The molecule has 2 aromatic rings. The van der Waals surface area contributed by atoms with Crippen molar-refractivity contribution in [2.45, 2.75) is 38.8 Å². The zero-order chi connectivity index (χ0) is 21.0. The lowest BCUT2D eigenvalue weighted by Crippen LogP contribution is -2.50. The molecule has 29 heavy (non-hydrogen) atoms. The van der Waals surface area contributed by atoms with E-state index in [4.69, 9.17) is 9.47 Å². The van der Waals surface area contributed by atoms with Crippen LogP contribution >= 0.6 is 0 Å². The third-order valence-corrected chi connectivity index (χ3v) is 5.08. The van der Waals surface area contributed by atoms with E-state index in [-0.39, 0.29) is 18.8 Å². The van der Waals surface area contributed by atoms with Gasteiger partial charge < -0.3 is 14.4 Å². The van der Waals surface area contributed by atoms with Crippen molar-refractivity contribution in [3.8, 4) is 0 Å². The first-order chi connectivity index (χ1) is 13.9. The minimum Gasteiger partial charge on any atom is -0.464 e. The summed E-state index contributed by atoms with van der Waals surface area (Å²) < 4.78 is 12.9. The minimum absolute atomic E-state index is 0.242. The number of hydrogen-bond donors (Lipinski definition) is 0. The minimum atomic E-state index is -0.693. The lowest BCUT2D eigenvalue weighted by Gasteiger charge is -2.33. The maximum atomic E-state index is 12.5. The molecule has 1 aromatic carbocycles.